The Balaban J connectivity index is 2.08. The Hall–Kier alpha value is -2.30. The first kappa shape index (κ1) is 13.0. The van der Waals surface area contributed by atoms with Crippen LogP contribution < -0.4 is 10.9 Å². The Labute approximate surface area is 156 Å². The van der Waals surface area contributed by atoms with Crippen LogP contribution in [0.1, 0.15) is 33.9 Å². The van der Waals surface area contributed by atoms with Gasteiger partial charge in [0.1, 0.15) is 6.10 Å². The molecule has 0 unspecified atom stereocenters. The van der Waals surface area contributed by atoms with Gasteiger partial charge in [-0.05, 0) is 0 Å². The summed E-state index contributed by atoms with van der Waals surface area (Å²) in [6.45, 7) is 2.00. The smallest absolute Gasteiger partial charge is 0.280 e. The molecule has 2 aromatic rings. The first-order valence-electron chi connectivity index (χ1n) is 10.5. The minimum atomic E-state index is -2.84. The Morgan fingerprint density at radius 3 is 3.08 bits per heavy atom. The normalized spacial score (nSPS) is 29.8. The molecule has 0 aromatic carbocycles. The van der Waals surface area contributed by atoms with Gasteiger partial charge in [-0.1, -0.05) is 20.8 Å². The molecule has 10 heteroatoms. The molecule has 0 saturated carbocycles. The number of anilines is 1. The van der Waals surface area contributed by atoms with Gasteiger partial charge in [0, 0.05) is 18.9 Å². The summed E-state index contributed by atoms with van der Waals surface area (Å²) in [5.41, 5.74) is -0.809. The van der Waals surface area contributed by atoms with E-state index in [0.717, 1.165) is 0 Å². The fourth-order valence-corrected chi connectivity index (χ4v) is 2.75. The third-order valence-corrected chi connectivity index (χ3v) is 4.30. The van der Waals surface area contributed by atoms with Crippen molar-refractivity contribution in [2.75, 3.05) is 18.9 Å². The van der Waals surface area contributed by atoms with E-state index >= 15 is 0 Å². The van der Waals surface area contributed by atoms with E-state index in [1.165, 1.54) is 17.8 Å². The van der Waals surface area contributed by atoms with E-state index in [2.05, 4.69) is 20.3 Å². The zero-order valence-electron chi connectivity index (χ0n) is 19.4. The van der Waals surface area contributed by atoms with Gasteiger partial charge in [-0.3, -0.25) is 24.5 Å². The first-order valence-corrected chi connectivity index (χ1v) is 8.02. The third-order valence-electron chi connectivity index (χ3n) is 4.30. The molecule has 0 aliphatic carbocycles. The second-order valence-corrected chi connectivity index (χ2v) is 6.40. The monoisotopic (exact) mass is 370 g/mol. The maximum absolute atomic E-state index is 12.4. The maximum atomic E-state index is 12.4. The van der Waals surface area contributed by atoms with Gasteiger partial charge in [0.05, 0.1) is 25.8 Å². The molecule has 1 aliphatic rings. The molecular weight excluding hydrogens is 342 g/mol. The molecule has 3 rings (SSSR count). The van der Waals surface area contributed by atoms with Crippen molar-refractivity contribution in [1.82, 2.24) is 19.5 Å². The summed E-state index contributed by atoms with van der Waals surface area (Å²) in [6, 6.07) is 0. The van der Waals surface area contributed by atoms with Crippen molar-refractivity contribution >= 4 is 23.0 Å². The average Bonchev–Trinajstić information content (AvgIpc) is 3.15. The lowest BCUT2D eigenvalue weighted by Crippen LogP contribution is -2.27. The zero-order chi connectivity index (χ0) is 23.3. The molecule has 142 valence electrons. The maximum Gasteiger partial charge on any atom is 0.280 e. The van der Waals surface area contributed by atoms with E-state index in [1.807, 2.05) is 0 Å². The van der Waals surface area contributed by atoms with Gasteiger partial charge >= 0.3 is 0 Å². The molecule has 1 aliphatic heterocycles. The van der Waals surface area contributed by atoms with Gasteiger partial charge < -0.3 is 14.6 Å². The molecule has 0 spiro atoms. The second-order valence-electron chi connectivity index (χ2n) is 6.40. The van der Waals surface area contributed by atoms with Gasteiger partial charge in [0.25, 0.3) is 5.56 Å². The molecule has 1 saturated heterocycles. The highest BCUT2D eigenvalue weighted by Gasteiger charge is 2.43. The van der Waals surface area contributed by atoms with E-state index in [0.29, 0.717) is 0 Å². The van der Waals surface area contributed by atoms with Gasteiger partial charge in [0.15, 0.2) is 17.4 Å². The van der Waals surface area contributed by atoms with Crippen molar-refractivity contribution in [1.29, 1.82) is 0 Å². The summed E-state index contributed by atoms with van der Waals surface area (Å²) in [5.74, 6) is -1.80. The number of nitrogens with zero attached hydrogens (tertiary/aromatic N) is 3. The SMILES string of the molecule is [2H]C([2H])([2H])O[C@@H]1[C@H](C)[C@@H](C([2H])([2H])O)O[C@H]1n1cnc2c(=O)[nH]c(NC(=O)C(C)C)nc21. The number of aromatic amines is 1. The van der Waals surface area contributed by atoms with Crippen LogP contribution in [0.3, 0.4) is 0 Å². The van der Waals surface area contributed by atoms with Gasteiger partial charge in [-0.15, -0.1) is 0 Å². The fourth-order valence-electron chi connectivity index (χ4n) is 2.75. The van der Waals surface area contributed by atoms with E-state index in [4.69, 9.17) is 16.3 Å². The molecule has 4 atom stereocenters. The van der Waals surface area contributed by atoms with Crippen molar-refractivity contribution in [3.8, 4) is 0 Å². The van der Waals surface area contributed by atoms with Crippen LogP contribution >= 0.6 is 0 Å². The average molecular weight is 370 g/mol. The number of nitrogens with one attached hydrogen (secondary N) is 2. The van der Waals surface area contributed by atoms with Gasteiger partial charge in [0.2, 0.25) is 11.9 Å². The number of aliphatic hydroxyl groups is 1. The molecule has 3 N–H and O–H groups in total. The number of imidazole rings is 1. The number of methoxy groups -OCH3 is 1. The number of hydrogen-bond acceptors (Lipinski definition) is 7. The van der Waals surface area contributed by atoms with Crippen molar-refractivity contribution in [2.45, 2.75) is 39.2 Å². The summed E-state index contributed by atoms with van der Waals surface area (Å²) in [7, 11) is -2.84. The topological polar surface area (TPSA) is 131 Å². The van der Waals surface area contributed by atoms with Crippen LogP contribution in [0.15, 0.2) is 11.1 Å². The predicted octanol–water partition coefficient (Wildman–Crippen LogP) is 0.255. The van der Waals surface area contributed by atoms with Crippen molar-refractivity contribution < 1.29 is 26.2 Å². The molecular formula is C16H23N5O5. The van der Waals surface area contributed by atoms with E-state index in [1.54, 1.807) is 13.8 Å². The fraction of sp³-hybridized carbons (Fsp3) is 0.625. The second kappa shape index (κ2) is 7.14. The number of amides is 1. The summed E-state index contributed by atoms with van der Waals surface area (Å²) < 4.78 is 49.5. The summed E-state index contributed by atoms with van der Waals surface area (Å²) >= 11 is 0. The Kier molecular flexibility index (Phi) is 3.56. The number of H-pyrrole nitrogens is 1. The van der Waals surface area contributed by atoms with Crippen molar-refractivity contribution in [2.24, 2.45) is 11.8 Å². The van der Waals surface area contributed by atoms with Gasteiger partial charge in [-0.25, -0.2) is 4.98 Å². The quantitative estimate of drug-likeness (QED) is 0.687. The van der Waals surface area contributed by atoms with E-state index in [9.17, 15) is 14.7 Å². The minimum absolute atomic E-state index is 0.0432. The Morgan fingerprint density at radius 2 is 2.42 bits per heavy atom. The number of ether oxygens (including phenoxy) is 2. The third kappa shape index (κ3) is 3.11. The molecule has 0 bridgehead atoms. The van der Waals surface area contributed by atoms with Crippen LogP contribution in [-0.2, 0) is 14.3 Å². The number of aromatic nitrogens is 4. The molecule has 1 amide bonds. The molecule has 3 heterocycles. The number of carbonyl (C=O) groups is 1. The van der Waals surface area contributed by atoms with Crippen LogP contribution in [0.25, 0.3) is 11.2 Å². The Morgan fingerprint density at radius 1 is 1.65 bits per heavy atom. The first-order chi connectivity index (χ1) is 14.2. The van der Waals surface area contributed by atoms with Crippen LogP contribution in [0.4, 0.5) is 5.95 Å². The van der Waals surface area contributed by atoms with Gasteiger partial charge in [-0.2, -0.15) is 4.98 Å². The molecule has 0 radical (unpaired) electrons. The van der Waals surface area contributed by atoms with Crippen molar-refractivity contribution in [3.05, 3.63) is 16.7 Å². The lowest BCUT2D eigenvalue weighted by atomic mass is 10.0. The standard InChI is InChI=1S/C16H23N5O5/c1-7(2)13(23)19-16-18-12-10(14(24)20-16)17-6-21(12)15-11(25-4)8(3)9(5-22)26-15/h6-9,11,15,22H,5H2,1-4H3,(H2,18,19,20,23,24)/t8-,9-,11-,15-/m1/s1/i4D3,5D2. The van der Waals surface area contributed by atoms with E-state index < -0.39 is 49.4 Å². The summed E-state index contributed by atoms with van der Waals surface area (Å²) in [5, 5.41) is 12.3. The van der Waals surface area contributed by atoms with Crippen LogP contribution in [0.2, 0.25) is 0 Å². The summed E-state index contributed by atoms with van der Waals surface area (Å²) in [4.78, 5) is 34.9. The highest BCUT2D eigenvalue weighted by molar-refractivity contribution is 5.91. The Bertz CT molecular complexity index is 1030. The highest BCUT2D eigenvalue weighted by atomic mass is 16.6. The van der Waals surface area contributed by atoms with Crippen molar-refractivity contribution in [3.63, 3.8) is 0 Å². The van der Waals surface area contributed by atoms with Crippen LogP contribution in [0, 0.1) is 11.8 Å². The number of hydrogen-bond donors (Lipinski definition) is 3. The largest absolute Gasteiger partial charge is 0.394 e. The zero-order valence-corrected chi connectivity index (χ0v) is 14.4. The molecule has 2 aromatic heterocycles. The molecule has 1 fully saturated rings. The van der Waals surface area contributed by atoms with E-state index in [-0.39, 0.29) is 23.0 Å². The summed E-state index contributed by atoms with van der Waals surface area (Å²) in [6.07, 6.45) is -2.75. The minimum Gasteiger partial charge on any atom is -0.394 e. The number of carbonyl (C=O) groups excluding carboxylic acids is 1. The predicted molar refractivity (Wildman–Crippen MR) is 92.6 cm³/mol. The lowest BCUT2D eigenvalue weighted by Gasteiger charge is -2.20. The lowest BCUT2D eigenvalue weighted by molar-refractivity contribution is -0.118. The van der Waals surface area contributed by atoms with Crippen LogP contribution in [-0.4, -0.2) is 56.3 Å². The highest BCUT2D eigenvalue weighted by Crippen LogP contribution is 2.36. The number of fused-ring (bicyclic) bond motifs is 1. The molecule has 26 heavy (non-hydrogen) atoms. The number of rotatable bonds is 5. The van der Waals surface area contributed by atoms with Crippen LogP contribution in [0.5, 0.6) is 0 Å². The molecule has 10 nitrogen and oxygen atoms in total.